The second-order valence-corrected chi connectivity index (χ2v) is 5.66. The molecule has 0 bridgehead atoms. The number of non-ortho nitro benzene ring substituents is 1. The zero-order valence-electron chi connectivity index (χ0n) is 13.9. The number of nitrogens with zero attached hydrogens (tertiary/aromatic N) is 4. The highest BCUT2D eigenvalue weighted by Crippen LogP contribution is 2.14. The summed E-state index contributed by atoms with van der Waals surface area (Å²) in [6, 6.07) is 15.4. The minimum Gasteiger partial charge on any atom is -0.291 e. The van der Waals surface area contributed by atoms with Crippen LogP contribution in [-0.2, 0) is 6.54 Å². The molecule has 0 atom stereocenters. The van der Waals surface area contributed by atoms with E-state index in [1.54, 1.807) is 15.3 Å². The molecular formula is C18H17N4O3+. The maximum Gasteiger partial charge on any atom is 0.275 e. The molecule has 2 aromatic carbocycles. The fraction of sp³-hybridized carbons (Fsp3) is 0.167. The Morgan fingerprint density at radius 3 is 2.56 bits per heavy atom. The molecule has 7 heteroatoms. The van der Waals surface area contributed by atoms with Gasteiger partial charge in [0.2, 0.25) is 5.82 Å². The Labute approximate surface area is 144 Å². The van der Waals surface area contributed by atoms with Crippen LogP contribution in [0, 0.1) is 24.0 Å². The van der Waals surface area contributed by atoms with Crippen LogP contribution < -0.4 is 4.57 Å². The smallest absolute Gasteiger partial charge is 0.275 e. The lowest BCUT2D eigenvalue weighted by atomic mass is 10.1. The van der Waals surface area contributed by atoms with Crippen LogP contribution in [0.25, 0.3) is 5.69 Å². The van der Waals surface area contributed by atoms with Gasteiger partial charge in [-0.3, -0.25) is 14.9 Å². The van der Waals surface area contributed by atoms with Gasteiger partial charge in [-0.2, -0.15) is 0 Å². The number of hydrogen-bond donors (Lipinski definition) is 0. The van der Waals surface area contributed by atoms with E-state index in [2.05, 4.69) is 5.10 Å². The summed E-state index contributed by atoms with van der Waals surface area (Å²) in [5.74, 6) is 1.30. The van der Waals surface area contributed by atoms with Crippen LogP contribution in [0.2, 0.25) is 0 Å². The van der Waals surface area contributed by atoms with E-state index in [1.807, 2.05) is 44.2 Å². The van der Waals surface area contributed by atoms with Gasteiger partial charge in [-0.15, -0.1) is 0 Å². The zero-order valence-corrected chi connectivity index (χ0v) is 13.9. The van der Waals surface area contributed by atoms with Crippen molar-refractivity contribution in [2.24, 2.45) is 0 Å². The van der Waals surface area contributed by atoms with E-state index in [0.717, 1.165) is 11.5 Å². The first-order valence-electron chi connectivity index (χ1n) is 7.76. The van der Waals surface area contributed by atoms with Gasteiger partial charge in [-0.25, -0.2) is 4.57 Å². The highest BCUT2D eigenvalue weighted by molar-refractivity contribution is 5.95. The van der Waals surface area contributed by atoms with E-state index in [-0.39, 0.29) is 18.0 Å². The molecule has 0 radical (unpaired) electrons. The van der Waals surface area contributed by atoms with E-state index in [4.69, 9.17) is 0 Å². The topological polar surface area (TPSA) is 81.9 Å². The van der Waals surface area contributed by atoms with Gasteiger partial charge < -0.3 is 0 Å². The van der Waals surface area contributed by atoms with E-state index < -0.39 is 4.92 Å². The molecule has 3 rings (SSSR count). The van der Waals surface area contributed by atoms with Gasteiger partial charge >= 0.3 is 0 Å². The van der Waals surface area contributed by atoms with E-state index in [9.17, 15) is 14.9 Å². The van der Waals surface area contributed by atoms with Gasteiger partial charge in [-0.1, -0.05) is 35.0 Å². The molecule has 7 nitrogen and oxygen atoms in total. The minimum atomic E-state index is -0.506. The summed E-state index contributed by atoms with van der Waals surface area (Å²) < 4.78 is 3.57. The molecule has 0 saturated carbocycles. The average Bonchev–Trinajstić information content (AvgIpc) is 2.90. The number of carbonyl (C=O) groups is 1. The van der Waals surface area contributed by atoms with E-state index in [1.165, 1.54) is 18.2 Å². The summed E-state index contributed by atoms with van der Waals surface area (Å²) in [7, 11) is 0. The van der Waals surface area contributed by atoms with Crippen LogP contribution >= 0.6 is 0 Å². The number of nitro groups is 1. The zero-order chi connectivity index (χ0) is 18.0. The molecule has 1 heterocycles. The molecule has 1 aromatic heterocycles. The van der Waals surface area contributed by atoms with Crippen molar-refractivity contribution < 1.29 is 14.3 Å². The predicted octanol–water partition coefficient (Wildman–Crippen LogP) is 2.57. The monoisotopic (exact) mass is 337 g/mol. The Morgan fingerprint density at radius 1 is 1.16 bits per heavy atom. The van der Waals surface area contributed by atoms with Gasteiger partial charge in [0.25, 0.3) is 11.5 Å². The molecule has 0 saturated heterocycles. The van der Waals surface area contributed by atoms with Crippen molar-refractivity contribution in [1.82, 2.24) is 9.78 Å². The fourth-order valence-corrected chi connectivity index (χ4v) is 2.69. The third kappa shape index (κ3) is 3.30. The second-order valence-electron chi connectivity index (χ2n) is 5.66. The summed E-state index contributed by atoms with van der Waals surface area (Å²) >= 11 is 0. The van der Waals surface area contributed by atoms with Crippen molar-refractivity contribution >= 4 is 11.5 Å². The highest BCUT2D eigenvalue weighted by atomic mass is 16.6. The van der Waals surface area contributed by atoms with Gasteiger partial charge in [-0.05, 0) is 12.1 Å². The van der Waals surface area contributed by atoms with Crippen LogP contribution in [0.1, 0.15) is 22.0 Å². The number of carbonyl (C=O) groups excluding carboxylic acids is 1. The SMILES string of the molecule is Cc1nn(-c2ccccc2)c(C)[n+]1CC(=O)c1cccc([N+](=O)[O-])c1. The van der Waals surface area contributed by atoms with Crippen molar-refractivity contribution in [3.63, 3.8) is 0 Å². The number of aryl methyl sites for hydroxylation is 1. The van der Waals surface area contributed by atoms with Crippen LogP contribution in [0.3, 0.4) is 0 Å². The van der Waals surface area contributed by atoms with Crippen LogP contribution in [0.5, 0.6) is 0 Å². The largest absolute Gasteiger partial charge is 0.291 e. The lowest BCUT2D eigenvalue weighted by molar-refractivity contribution is -0.695. The fourth-order valence-electron chi connectivity index (χ4n) is 2.69. The number of rotatable bonds is 5. The summed E-state index contributed by atoms with van der Waals surface area (Å²) in [6.07, 6.45) is 0. The molecule has 25 heavy (non-hydrogen) atoms. The summed E-state index contributed by atoms with van der Waals surface area (Å²) in [5, 5.41) is 15.4. The van der Waals surface area contributed by atoms with Crippen LogP contribution in [0.15, 0.2) is 54.6 Å². The Hall–Kier alpha value is -3.35. The molecule has 0 aliphatic carbocycles. The number of hydrogen-bond acceptors (Lipinski definition) is 4. The number of benzene rings is 2. The lowest BCUT2D eigenvalue weighted by Crippen LogP contribution is -2.42. The lowest BCUT2D eigenvalue weighted by Gasteiger charge is -2.02. The first-order valence-corrected chi connectivity index (χ1v) is 7.76. The van der Waals surface area contributed by atoms with Crippen molar-refractivity contribution in [1.29, 1.82) is 0 Å². The number of ketones is 1. The van der Waals surface area contributed by atoms with E-state index in [0.29, 0.717) is 11.4 Å². The van der Waals surface area contributed by atoms with Crippen LogP contribution in [0.4, 0.5) is 5.69 Å². The standard InChI is InChI=1S/C18H17N4O3/c1-13-19-21(16-8-4-3-5-9-16)14(2)20(13)12-18(23)15-7-6-10-17(11-15)22(24)25/h3-11H,12H2,1-2H3/q+1. The highest BCUT2D eigenvalue weighted by Gasteiger charge is 2.23. The molecule has 0 aliphatic heterocycles. The van der Waals surface area contributed by atoms with Crippen molar-refractivity contribution in [3.8, 4) is 5.69 Å². The molecule has 0 spiro atoms. The first kappa shape index (κ1) is 16.5. The number of nitro benzene ring substituents is 1. The Balaban J connectivity index is 1.91. The van der Waals surface area contributed by atoms with Crippen LogP contribution in [-0.4, -0.2) is 20.5 Å². The van der Waals surface area contributed by atoms with E-state index >= 15 is 0 Å². The molecule has 0 fully saturated rings. The first-order chi connectivity index (χ1) is 12.0. The van der Waals surface area contributed by atoms with Crippen molar-refractivity contribution in [2.45, 2.75) is 20.4 Å². The average molecular weight is 337 g/mol. The maximum atomic E-state index is 12.6. The second kappa shape index (κ2) is 6.64. The Bertz CT molecular complexity index is 948. The minimum absolute atomic E-state index is 0.0751. The summed E-state index contributed by atoms with van der Waals surface area (Å²) in [6.45, 7) is 3.78. The quantitative estimate of drug-likeness (QED) is 0.310. The number of Topliss-reactive ketones (excluding diaryl/α,β-unsaturated/α-hetero) is 1. The Morgan fingerprint density at radius 2 is 1.88 bits per heavy atom. The van der Waals surface area contributed by atoms with Gasteiger partial charge in [0.15, 0.2) is 5.78 Å². The Kier molecular flexibility index (Phi) is 4.38. The molecule has 126 valence electrons. The molecule has 0 amide bonds. The molecular weight excluding hydrogens is 320 g/mol. The maximum absolute atomic E-state index is 12.6. The van der Waals surface area contributed by atoms with Crippen molar-refractivity contribution in [2.75, 3.05) is 0 Å². The summed E-state index contributed by atoms with van der Waals surface area (Å²) in [4.78, 5) is 22.9. The van der Waals surface area contributed by atoms with Gasteiger partial charge in [0, 0.05) is 36.6 Å². The van der Waals surface area contributed by atoms with Gasteiger partial charge in [0.1, 0.15) is 12.2 Å². The third-order valence-electron chi connectivity index (χ3n) is 4.01. The molecule has 0 aliphatic rings. The third-order valence-corrected chi connectivity index (χ3v) is 4.01. The number of aromatic nitrogens is 3. The normalized spacial score (nSPS) is 10.6. The molecule has 0 unspecified atom stereocenters. The van der Waals surface area contributed by atoms with Gasteiger partial charge in [0.05, 0.1) is 4.92 Å². The molecule has 3 aromatic rings. The number of para-hydroxylation sites is 1. The van der Waals surface area contributed by atoms with Crippen molar-refractivity contribution in [3.05, 3.63) is 81.9 Å². The summed E-state index contributed by atoms with van der Waals surface area (Å²) in [5.41, 5.74) is 1.13. The molecule has 0 N–H and O–H groups in total. The predicted molar refractivity (Wildman–Crippen MR) is 90.7 cm³/mol.